The lowest BCUT2D eigenvalue weighted by atomic mass is 9.95. The van der Waals surface area contributed by atoms with E-state index in [1.807, 2.05) is 30.5 Å². The Bertz CT molecular complexity index is 1100. The van der Waals surface area contributed by atoms with Crippen LogP contribution in [0.3, 0.4) is 0 Å². The van der Waals surface area contributed by atoms with Crippen LogP contribution in [-0.4, -0.2) is 38.9 Å². The molecule has 2 aromatic carbocycles. The number of halogens is 1. The number of carbonyl (C=O) groups excluding carboxylic acids is 1. The van der Waals surface area contributed by atoms with Gasteiger partial charge in [0.1, 0.15) is 6.17 Å². The maximum absolute atomic E-state index is 12.4. The number of aryl methyl sites for hydroxylation is 2. The number of amides is 1. The summed E-state index contributed by atoms with van der Waals surface area (Å²) >= 11 is 7.35. The molecule has 3 aliphatic heterocycles. The van der Waals surface area contributed by atoms with E-state index < -0.39 is 0 Å². The second-order valence-corrected chi connectivity index (χ2v) is 10.00. The van der Waals surface area contributed by atoms with E-state index in [9.17, 15) is 4.79 Å². The number of rotatable bonds is 5. The Morgan fingerprint density at radius 1 is 1.21 bits per heavy atom. The maximum Gasteiger partial charge on any atom is 0.230 e. The maximum atomic E-state index is 12.4. The first kappa shape index (κ1) is 22.1. The lowest BCUT2D eigenvalue weighted by Gasteiger charge is -2.36. The van der Waals surface area contributed by atoms with Crippen molar-refractivity contribution in [1.82, 2.24) is 26.1 Å². The molecule has 0 saturated carbocycles. The molecule has 0 aliphatic carbocycles. The van der Waals surface area contributed by atoms with Gasteiger partial charge in [-0.1, -0.05) is 59.3 Å². The molecule has 2 aromatic rings. The first-order chi connectivity index (χ1) is 16.0. The van der Waals surface area contributed by atoms with Gasteiger partial charge >= 0.3 is 0 Å². The van der Waals surface area contributed by atoms with Gasteiger partial charge in [-0.3, -0.25) is 10.2 Å². The molecule has 0 spiro atoms. The summed E-state index contributed by atoms with van der Waals surface area (Å²) in [5.41, 5.74) is 11.9. The molecule has 33 heavy (non-hydrogen) atoms. The van der Waals surface area contributed by atoms with E-state index >= 15 is 0 Å². The average molecular weight is 483 g/mol. The summed E-state index contributed by atoms with van der Waals surface area (Å²) in [6.45, 7) is 4.78. The Hall–Kier alpha value is -2.68. The number of hydrazine groups is 1. The Morgan fingerprint density at radius 3 is 2.85 bits per heavy atom. The molecule has 3 aliphatic rings. The molecule has 1 saturated heterocycles. The molecule has 3 unspecified atom stereocenters. The van der Waals surface area contributed by atoms with Gasteiger partial charge in [-0.25, -0.2) is 5.43 Å². The fourth-order valence-corrected chi connectivity index (χ4v) is 5.40. The van der Waals surface area contributed by atoms with E-state index in [0.717, 1.165) is 17.2 Å². The van der Waals surface area contributed by atoms with Crippen LogP contribution in [-0.2, 0) is 11.3 Å². The summed E-state index contributed by atoms with van der Waals surface area (Å²) < 4.78 is 0. The van der Waals surface area contributed by atoms with Crippen molar-refractivity contribution in [2.75, 3.05) is 5.75 Å². The zero-order valence-corrected chi connectivity index (χ0v) is 20.2. The largest absolute Gasteiger partial charge is 0.351 e. The quantitative estimate of drug-likeness (QED) is 0.604. The van der Waals surface area contributed by atoms with Gasteiger partial charge < -0.3 is 15.2 Å². The summed E-state index contributed by atoms with van der Waals surface area (Å²) in [4.78, 5) is 14.5. The van der Waals surface area contributed by atoms with Crippen molar-refractivity contribution in [3.8, 4) is 0 Å². The number of hydrogen-bond acceptors (Lipinski definition) is 7. The zero-order chi connectivity index (χ0) is 22.9. The average Bonchev–Trinajstić information content (AvgIpc) is 3.42. The van der Waals surface area contributed by atoms with Crippen molar-refractivity contribution in [1.29, 1.82) is 0 Å². The molecule has 3 heterocycles. The number of benzene rings is 2. The number of thioether (sulfide) groups is 1. The Balaban J connectivity index is 1.16. The summed E-state index contributed by atoms with van der Waals surface area (Å²) in [7, 11) is 0. The lowest BCUT2D eigenvalue weighted by molar-refractivity contribution is -0.118. The highest BCUT2D eigenvalue weighted by Crippen LogP contribution is 2.36. The second kappa shape index (κ2) is 9.29. The standard InChI is InChI=1S/C24H27ClN6OS/c1-15-3-4-16(2)19(11-15)20-12-21-23-27-28-24(30(23)9-10-31(21)29-20)33-14-22(32)26-13-17-5-7-18(25)8-6-17/h3-11,20-21,23,27,29H,12-14H2,1-2H3,(H,26,32). The number of nitrogens with zero attached hydrogens (tertiary/aromatic N) is 3. The van der Waals surface area contributed by atoms with Crippen LogP contribution in [0.25, 0.3) is 0 Å². The van der Waals surface area contributed by atoms with Crippen LogP contribution in [0.4, 0.5) is 0 Å². The summed E-state index contributed by atoms with van der Waals surface area (Å²) in [5, 5.41) is 11.2. The van der Waals surface area contributed by atoms with Gasteiger partial charge in [0, 0.05) is 24.0 Å². The number of amidine groups is 1. The fourth-order valence-electron chi connectivity index (χ4n) is 4.47. The van der Waals surface area contributed by atoms with Crippen LogP contribution in [0.1, 0.15) is 34.7 Å². The number of nitrogens with one attached hydrogen (secondary N) is 3. The molecule has 172 valence electrons. The topological polar surface area (TPSA) is 72.0 Å². The van der Waals surface area contributed by atoms with E-state index in [4.69, 9.17) is 11.6 Å². The van der Waals surface area contributed by atoms with Crippen molar-refractivity contribution in [3.05, 3.63) is 82.1 Å². The second-order valence-electron chi connectivity index (χ2n) is 8.62. The summed E-state index contributed by atoms with van der Waals surface area (Å²) in [5.74, 6) is 0.282. The Morgan fingerprint density at radius 2 is 2.03 bits per heavy atom. The lowest BCUT2D eigenvalue weighted by Crippen LogP contribution is -2.54. The molecule has 0 radical (unpaired) electrons. The Labute approximate surface area is 203 Å². The fraction of sp³-hybridized carbons (Fsp3) is 0.333. The predicted molar refractivity (Wildman–Crippen MR) is 133 cm³/mol. The van der Waals surface area contributed by atoms with Gasteiger partial charge in [0.05, 0.1) is 17.8 Å². The van der Waals surface area contributed by atoms with Gasteiger partial charge in [-0.2, -0.15) is 5.10 Å². The highest BCUT2D eigenvalue weighted by Gasteiger charge is 2.44. The van der Waals surface area contributed by atoms with E-state index in [2.05, 4.69) is 69.4 Å². The molecule has 0 bridgehead atoms. The summed E-state index contributed by atoms with van der Waals surface area (Å²) in [6, 6.07) is 14.6. The van der Waals surface area contributed by atoms with Crippen LogP contribution in [0.15, 0.2) is 60.0 Å². The SMILES string of the molecule is Cc1ccc(C)c(C2CC3C4NN=C(SCC(=O)NCc5ccc(Cl)cc5)N4C=CN3N2)c1. The highest BCUT2D eigenvalue weighted by molar-refractivity contribution is 8.14. The third kappa shape index (κ3) is 4.69. The van der Waals surface area contributed by atoms with E-state index in [-0.39, 0.29) is 24.2 Å². The molecule has 9 heteroatoms. The van der Waals surface area contributed by atoms with Crippen LogP contribution in [0.5, 0.6) is 0 Å². The minimum atomic E-state index is -0.0266. The van der Waals surface area contributed by atoms with Crippen molar-refractivity contribution in [2.45, 2.75) is 45.1 Å². The van der Waals surface area contributed by atoms with Crippen molar-refractivity contribution < 1.29 is 4.79 Å². The molecular formula is C24H27ClN6OS. The normalized spacial score (nSPS) is 23.1. The van der Waals surface area contributed by atoms with Crippen molar-refractivity contribution in [2.24, 2.45) is 5.10 Å². The van der Waals surface area contributed by atoms with Crippen LogP contribution in [0, 0.1) is 13.8 Å². The summed E-state index contributed by atoms with van der Waals surface area (Å²) in [6.07, 6.45) is 5.10. The van der Waals surface area contributed by atoms with E-state index in [1.165, 1.54) is 28.5 Å². The molecule has 1 fully saturated rings. The smallest absolute Gasteiger partial charge is 0.230 e. The minimum Gasteiger partial charge on any atom is -0.351 e. The van der Waals surface area contributed by atoms with Crippen LogP contribution < -0.4 is 16.2 Å². The third-order valence-corrected chi connectivity index (χ3v) is 7.47. The van der Waals surface area contributed by atoms with Gasteiger partial charge in [-0.05, 0) is 49.1 Å². The van der Waals surface area contributed by atoms with Crippen molar-refractivity contribution >= 4 is 34.4 Å². The molecule has 5 rings (SSSR count). The monoisotopic (exact) mass is 482 g/mol. The molecule has 1 amide bonds. The van der Waals surface area contributed by atoms with E-state index in [0.29, 0.717) is 17.3 Å². The molecule has 7 nitrogen and oxygen atoms in total. The van der Waals surface area contributed by atoms with Gasteiger partial charge in [0.2, 0.25) is 5.91 Å². The number of hydrogen-bond donors (Lipinski definition) is 3. The van der Waals surface area contributed by atoms with Gasteiger partial charge in [-0.15, -0.1) is 0 Å². The Kier molecular flexibility index (Phi) is 6.23. The molecule has 3 atom stereocenters. The molecular weight excluding hydrogens is 456 g/mol. The van der Waals surface area contributed by atoms with Crippen LogP contribution >= 0.6 is 23.4 Å². The van der Waals surface area contributed by atoms with Gasteiger partial charge in [0.15, 0.2) is 5.17 Å². The predicted octanol–water partition coefficient (Wildman–Crippen LogP) is 3.61. The minimum absolute atomic E-state index is 0.0266. The first-order valence-electron chi connectivity index (χ1n) is 11.0. The van der Waals surface area contributed by atoms with Gasteiger partial charge in [0.25, 0.3) is 0 Å². The number of hydrazone groups is 1. The van der Waals surface area contributed by atoms with E-state index in [1.54, 1.807) is 0 Å². The van der Waals surface area contributed by atoms with Crippen LogP contribution in [0.2, 0.25) is 5.02 Å². The molecule has 0 aromatic heterocycles. The first-order valence-corrected chi connectivity index (χ1v) is 12.4. The molecule has 3 N–H and O–H groups in total. The zero-order valence-electron chi connectivity index (χ0n) is 18.6. The third-order valence-electron chi connectivity index (χ3n) is 6.25. The number of carbonyl (C=O) groups is 1. The van der Waals surface area contributed by atoms with Crippen molar-refractivity contribution in [3.63, 3.8) is 0 Å². The highest BCUT2D eigenvalue weighted by atomic mass is 35.5. The number of fused-ring (bicyclic) bond motifs is 3.